The normalized spacial score (nSPS) is 11.0. The maximum atomic E-state index is 13.0. The number of nitro benzene ring substituents is 1. The third kappa shape index (κ3) is 5.60. The van der Waals surface area contributed by atoms with Gasteiger partial charge in [0.2, 0.25) is 5.91 Å². The molecule has 0 aliphatic carbocycles. The van der Waals surface area contributed by atoms with Gasteiger partial charge in [0.1, 0.15) is 5.82 Å². The van der Waals surface area contributed by atoms with Crippen molar-refractivity contribution in [2.45, 2.75) is 12.8 Å². The summed E-state index contributed by atoms with van der Waals surface area (Å²) in [6.07, 6.45) is 4.41. The first-order valence-electron chi connectivity index (χ1n) is 9.40. The highest BCUT2D eigenvalue weighted by Crippen LogP contribution is 2.18. The number of nitro groups is 1. The molecule has 1 N–H and O–H groups in total. The van der Waals surface area contributed by atoms with E-state index >= 15 is 0 Å². The molecule has 0 saturated heterocycles. The van der Waals surface area contributed by atoms with Crippen molar-refractivity contribution in [3.63, 3.8) is 0 Å². The smallest absolute Gasteiger partial charge is 0.270 e. The second-order valence-corrected chi connectivity index (χ2v) is 6.83. The molecule has 0 atom stereocenters. The molecular formula is C22H21FN4O3. The van der Waals surface area contributed by atoms with E-state index in [2.05, 4.69) is 10.2 Å². The first kappa shape index (κ1) is 20.9. The molecule has 1 aromatic heterocycles. The SMILES string of the molecule is CN(CCCc1cc(-c2ccc(F)cc2)n[nH]1)C(=O)C=Cc1cccc([N+](=O)[O-])c1. The first-order valence-corrected chi connectivity index (χ1v) is 9.40. The van der Waals surface area contributed by atoms with Gasteiger partial charge in [0.15, 0.2) is 0 Å². The van der Waals surface area contributed by atoms with Crippen molar-refractivity contribution >= 4 is 17.7 Å². The first-order chi connectivity index (χ1) is 14.4. The molecule has 0 aliphatic heterocycles. The van der Waals surface area contributed by atoms with Crippen LogP contribution in [0.25, 0.3) is 17.3 Å². The lowest BCUT2D eigenvalue weighted by Crippen LogP contribution is -2.26. The molecule has 30 heavy (non-hydrogen) atoms. The Morgan fingerprint density at radius 3 is 2.73 bits per heavy atom. The molecule has 1 heterocycles. The molecule has 154 valence electrons. The van der Waals surface area contributed by atoms with Crippen LogP contribution < -0.4 is 0 Å². The molecule has 7 nitrogen and oxygen atoms in total. The number of hydrogen-bond acceptors (Lipinski definition) is 4. The fourth-order valence-corrected chi connectivity index (χ4v) is 2.91. The fourth-order valence-electron chi connectivity index (χ4n) is 2.91. The number of carbonyl (C=O) groups is 1. The molecule has 8 heteroatoms. The van der Waals surface area contributed by atoms with Crippen LogP contribution in [0.5, 0.6) is 0 Å². The minimum Gasteiger partial charge on any atom is -0.342 e. The molecule has 0 saturated carbocycles. The molecule has 0 spiro atoms. The van der Waals surface area contributed by atoms with Crippen LogP contribution in [0.2, 0.25) is 0 Å². The Bertz CT molecular complexity index is 1060. The summed E-state index contributed by atoms with van der Waals surface area (Å²) in [4.78, 5) is 24.2. The predicted molar refractivity (Wildman–Crippen MR) is 112 cm³/mol. The van der Waals surface area contributed by atoms with E-state index in [1.807, 2.05) is 6.07 Å². The van der Waals surface area contributed by atoms with Crippen molar-refractivity contribution in [2.75, 3.05) is 13.6 Å². The summed E-state index contributed by atoms with van der Waals surface area (Å²) in [5.41, 5.74) is 3.09. The third-order valence-corrected chi connectivity index (χ3v) is 4.59. The van der Waals surface area contributed by atoms with Crippen molar-refractivity contribution in [2.24, 2.45) is 0 Å². The van der Waals surface area contributed by atoms with E-state index in [1.54, 1.807) is 42.3 Å². The Kier molecular flexibility index (Phi) is 6.69. The summed E-state index contributed by atoms with van der Waals surface area (Å²) in [7, 11) is 1.71. The summed E-state index contributed by atoms with van der Waals surface area (Å²) < 4.78 is 13.0. The van der Waals surface area contributed by atoms with Crippen LogP contribution in [0, 0.1) is 15.9 Å². The van der Waals surface area contributed by atoms with E-state index in [9.17, 15) is 19.3 Å². The number of halogens is 1. The zero-order valence-corrected chi connectivity index (χ0v) is 16.4. The second kappa shape index (κ2) is 9.60. The van der Waals surface area contributed by atoms with Gasteiger partial charge in [-0.2, -0.15) is 5.10 Å². The van der Waals surface area contributed by atoms with E-state index in [4.69, 9.17) is 0 Å². The molecule has 3 rings (SSSR count). The Balaban J connectivity index is 1.49. The van der Waals surface area contributed by atoms with Crippen molar-refractivity contribution < 1.29 is 14.1 Å². The number of aryl methyl sites for hydroxylation is 1. The van der Waals surface area contributed by atoms with Crippen LogP contribution in [0.4, 0.5) is 10.1 Å². The number of likely N-dealkylation sites (N-methyl/N-ethyl adjacent to an activating group) is 1. The van der Waals surface area contributed by atoms with Gasteiger partial charge in [-0.3, -0.25) is 20.0 Å². The Hall–Kier alpha value is -3.81. The highest BCUT2D eigenvalue weighted by Gasteiger charge is 2.08. The monoisotopic (exact) mass is 408 g/mol. The van der Waals surface area contributed by atoms with Gasteiger partial charge in [0.25, 0.3) is 5.69 Å². The quantitative estimate of drug-likeness (QED) is 0.343. The fraction of sp³-hybridized carbons (Fsp3) is 0.182. The number of hydrogen-bond donors (Lipinski definition) is 1. The van der Waals surface area contributed by atoms with Gasteiger partial charge < -0.3 is 4.90 Å². The van der Waals surface area contributed by atoms with Crippen LogP contribution in [-0.2, 0) is 11.2 Å². The zero-order chi connectivity index (χ0) is 21.5. The van der Waals surface area contributed by atoms with Gasteiger partial charge in [-0.15, -0.1) is 0 Å². The lowest BCUT2D eigenvalue weighted by molar-refractivity contribution is -0.384. The van der Waals surface area contributed by atoms with Crippen molar-refractivity contribution in [3.05, 3.63) is 87.9 Å². The topological polar surface area (TPSA) is 92.1 Å². The van der Waals surface area contributed by atoms with E-state index < -0.39 is 4.92 Å². The highest BCUT2D eigenvalue weighted by atomic mass is 19.1. The van der Waals surface area contributed by atoms with Crippen LogP contribution in [-0.4, -0.2) is 39.5 Å². The Morgan fingerprint density at radius 1 is 1.23 bits per heavy atom. The number of nitrogens with zero attached hydrogens (tertiary/aromatic N) is 3. The highest BCUT2D eigenvalue weighted by molar-refractivity contribution is 5.91. The van der Waals surface area contributed by atoms with Crippen molar-refractivity contribution in [1.82, 2.24) is 15.1 Å². The number of amides is 1. The molecule has 0 aliphatic rings. The number of H-pyrrole nitrogens is 1. The predicted octanol–water partition coefficient (Wildman–Crippen LogP) is 4.23. The van der Waals surface area contributed by atoms with Crippen LogP contribution in [0.1, 0.15) is 17.7 Å². The molecule has 0 unspecified atom stereocenters. The van der Waals surface area contributed by atoms with Gasteiger partial charge in [-0.05, 0) is 54.8 Å². The number of aromatic nitrogens is 2. The summed E-state index contributed by atoms with van der Waals surface area (Å²) in [5, 5.41) is 18.0. The van der Waals surface area contributed by atoms with Gasteiger partial charge in [-0.1, -0.05) is 12.1 Å². The maximum absolute atomic E-state index is 13.0. The van der Waals surface area contributed by atoms with Crippen molar-refractivity contribution in [1.29, 1.82) is 0 Å². The molecule has 0 bridgehead atoms. The average molecular weight is 408 g/mol. The molecular weight excluding hydrogens is 387 g/mol. The number of benzene rings is 2. The maximum Gasteiger partial charge on any atom is 0.270 e. The van der Waals surface area contributed by atoms with E-state index in [-0.39, 0.29) is 17.4 Å². The summed E-state index contributed by atoms with van der Waals surface area (Å²) in [6.45, 7) is 0.545. The summed E-state index contributed by atoms with van der Waals surface area (Å²) in [5.74, 6) is -0.472. The minimum atomic E-state index is -0.470. The van der Waals surface area contributed by atoms with Crippen molar-refractivity contribution in [3.8, 4) is 11.3 Å². The van der Waals surface area contributed by atoms with E-state index in [0.717, 1.165) is 23.4 Å². The summed E-state index contributed by atoms with van der Waals surface area (Å²) >= 11 is 0. The lowest BCUT2D eigenvalue weighted by atomic mass is 10.1. The van der Waals surface area contributed by atoms with E-state index in [0.29, 0.717) is 18.5 Å². The lowest BCUT2D eigenvalue weighted by Gasteiger charge is -2.14. The molecule has 1 amide bonds. The average Bonchev–Trinajstić information content (AvgIpc) is 3.21. The van der Waals surface area contributed by atoms with Crippen LogP contribution in [0.3, 0.4) is 0 Å². The standard InChI is InChI=1S/C22H21FN4O3/c1-26(22(28)12-7-16-4-2-6-20(14-16)27(29)30)13-3-5-19-15-21(25-24-19)17-8-10-18(23)11-9-17/h2,4,6-12,14-15H,3,5,13H2,1H3,(H,24,25). The second-order valence-electron chi connectivity index (χ2n) is 6.83. The van der Waals surface area contributed by atoms with Crippen LogP contribution in [0.15, 0.2) is 60.7 Å². The largest absolute Gasteiger partial charge is 0.342 e. The zero-order valence-electron chi connectivity index (χ0n) is 16.4. The van der Waals surface area contributed by atoms with Gasteiger partial charge in [-0.25, -0.2) is 4.39 Å². The number of aromatic amines is 1. The minimum absolute atomic E-state index is 0.0162. The molecule has 2 aromatic carbocycles. The van der Waals surface area contributed by atoms with Gasteiger partial charge in [0, 0.05) is 43.1 Å². The van der Waals surface area contributed by atoms with Gasteiger partial charge >= 0.3 is 0 Å². The number of non-ortho nitro benzene ring substituents is 1. The Labute approximate surface area is 173 Å². The molecule has 0 radical (unpaired) electrons. The summed E-state index contributed by atoms with van der Waals surface area (Å²) in [6, 6.07) is 14.2. The third-order valence-electron chi connectivity index (χ3n) is 4.59. The number of carbonyl (C=O) groups excluding carboxylic acids is 1. The molecule has 0 fully saturated rings. The molecule has 3 aromatic rings. The Morgan fingerprint density at radius 2 is 2.00 bits per heavy atom. The van der Waals surface area contributed by atoms with Crippen LogP contribution >= 0.6 is 0 Å². The number of rotatable bonds is 8. The number of nitrogens with one attached hydrogen (secondary N) is 1. The van der Waals surface area contributed by atoms with Gasteiger partial charge in [0.05, 0.1) is 10.6 Å². The van der Waals surface area contributed by atoms with E-state index in [1.165, 1.54) is 30.3 Å².